The minimum atomic E-state index is -0.506. The summed E-state index contributed by atoms with van der Waals surface area (Å²) < 4.78 is 1.22. The summed E-state index contributed by atoms with van der Waals surface area (Å²) in [5.41, 5.74) is 6.95. The lowest BCUT2D eigenvalue weighted by atomic mass is 10.0. The number of aliphatic hydroxyl groups is 1. The van der Waals surface area contributed by atoms with E-state index in [9.17, 15) is 5.11 Å². The van der Waals surface area contributed by atoms with Crippen molar-refractivity contribution in [3.63, 3.8) is 0 Å². The van der Waals surface area contributed by atoms with E-state index < -0.39 is 6.10 Å². The lowest BCUT2D eigenvalue weighted by molar-refractivity contribution is 0.165. The molecule has 0 bridgehead atoms. The van der Waals surface area contributed by atoms with Gasteiger partial charge in [0.1, 0.15) is 0 Å². The Hall–Kier alpha value is -0.900. The molecular formula is C11H13NOS. The highest BCUT2D eigenvalue weighted by atomic mass is 32.1. The summed E-state index contributed by atoms with van der Waals surface area (Å²) in [6.45, 7) is 1.72. The maximum atomic E-state index is 9.43. The zero-order chi connectivity index (χ0) is 10.1. The molecule has 0 fully saturated rings. The Morgan fingerprint density at radius 3 is 2.79 bits per heavy atom. The molecule has 2 nitrogen and oxygen atoms in total. The van der Waals surface area contributed by atoms with E-state index >= 15 is 0 Å². The van der Waals surface area contributed by atoms with Crippen LogP contribution >= 0.6 is 11.3 Å². The van der Waals surface area contributed by atoms with Gasteiger partial charge in [0.05, 0.1) is 12.1 Å². The summed E-state index contributed by atoms with van der Waals surface area (Å²) in [5.74, 6) is 0. The van der Waals surface area contributed by atoms with E-state index in [4.69, 9.17) is 5.73 Å². The summed E-state index contributed by atoms with van der Waals surface area (Å²) in [4.78, 5) is 0. The predicted octanol–water partition coefficient (Wildman–Crippen LogP) is 2.28. The van der Waals surface area contributed by atoms with Crippen LogP contribution in [0, 0.1) is 0 Å². The molecule has 3 heteroatoms. The van der Waals surface area contributed by atoms with Gasteiger partial charge in [-0.1, -0.05) is 18.2 Å². The summed E-state index contributed by atoms with van der Waals surface area (Å²) >= 11 is 1.67. The van der Waals surface area contributed by atoms with Crippen LogP contribution in [-0.2, 0) is 0 Å². The molecule has 74 valence electrons. The van der Waals surface area contributed by atoms with Crippen LogP contribution in [0.1, 0.15) is 18.5 Å². The van der Waals surface area contributed by atoms with Crippen LogP contribution in [0.2, 0.25) is 0 Å². The first-order valence-electron chi connectivity index (χ1n) is 4.60. The summed E-state index contributed by atoms with van der Waals surface area (Å²) in [6.07, 6.45) is -0.506. The zero-order valence-corrected chi connectivity index (χ0v) is 8.79. The van der Waals surface area contributed by atoms with Gasteiger partial charge in [-0.15, -0.1) is 11.3 Å². The number of hydrogen-bond acceptors (Lipinski definition) is 3. The molecule has 3 N–H and O–H groups in total. The van der Waals surface area contributed by atoms with E-state index in [1.165, 1.54) is 4.70 Å². The van der Waals surface area contributed by atoms with Crippen LogP contribution in [0.25, 0.3) is 10.1 Å². The highest BCUT2D eigenvalue weighted by Crippen LogP contribution is 2.30. The van der Waals surface area contributed by atoms with Crippen LogP contribution in [0.5, 0.6) is 0 Å². The second kappa shape index (κ2) is 3.69. The van der Waals surface area contributed by atoms with E-state index in [1.54, 1.807) is 18.3 Å². The lowest BCUT2D eigenvalue weighted by Crippen LogP contribution is -2.22. The zero-order valence-electron chi connectivity index (χ0n) is 7.97. The Labute approximate surface area is 87.0 Å². The largest absolute Gasteiger partial charge is 0.391 e. The van der Waals surface area contributed by atoms with Gasteiger partial charge in [-0.2, -0.15) is 0 Å². The van der Waals surface area contributed by atoms with Crippen LogP contribution in [0.3, 0.4) is 0 Å². The van der Waals surface area contributed by atoms with Gasteiger partial charge in [0, 0.05) is 4.70 Å². The maximum Gasteiger partial charge on any atom is 0.0705 e. The maximum absolute atomic E-state index is 9.43. The van der Waals surface area contributed by atoms with Gasteiger partial charge >= 0.3 is 0 Å². The molecule has 2 atom stereocenters. The van der Waals surface area contributed by atoms with E-state index in [-0.39, 0.29) is 6.04 Å². The van der Waals surface area contributed by atoms with Gasteiger partial charge in [0.15, 0.2) is 0 Å². The van der Waals surface area contributed by atoms with Crippen LogP contribution in [0.15, 0.2) is 29.6 Å². The van der Waals surface area contributed by atoms with E-state index in [0.29, 0.717) is 0 Å². The Balaban J connectivity index is 2.53. The number of benzene rings is 1. The SMILES string of the molecule is C[C@H](O)[C@H](N)c1csc2ccccc12. The molecule has 0 spiro atoms. The summed E-state index contributed by atoms with van der Waals surface area (Å²) in [5, 5.41) is 12.6. The molecular weight excluding hydrogens is 194 g/mol. The lowest BCUT2D eigenvalue weighted by Gasteiger charge is -2.13. The van der Waals surface area contributed by atoms with Crippen molar-refractivity contribution in [3.05, 3.63) is 35.2 Å². The number of thiophene rings is 1. The number of rotatable bonds is 2. The standard InChI is InChI=1S/C11H13NOS/c1-7(13)11(12)9-6-14-10-5-3-2-4-8(9)10/h2-7,11,13H,12H2,1H3/t7-,11-/m0/s1. The van der Waals surface area contributed by atoms with E-state index in [1.807, 2.05) is 23.6 Å². The van der Waals surface area contributed by atoms with Crippen molar-refractivity contribution >= 4 is 21.4 Å². The number of hydrogen-bond donors (Lipinski definition) is 2. The molecule has 1 aromatic heterocycles. The first-order valence-corrected chi connectivity index (χ1v) is 5.48. The highest BCUT2D eigenvalue weighted by molar-refractivity contribution is 7.17. The van der Waals surface area contributed by atoms with Gasteiger partial charge in [-0.25, -0.2) is 0 Å². The Kier molecular flexibility index (Phi) is 2.54. The van der Waals surface area contributed by atoms with Gasteiger partial charge in [0.25, 0.3) is 0 Å². The molecule has 2 aromatic rings. The third-order valence-corrected chi connectivity index (χ3v) is 3.37. The molecule has 0 aliphatic heterocycles. The van der Waals surface area contributed by atoms with Gasteiger partial charge in [-0.3, -0.25) is 0 Å². The molecule has 14 heavy (non-hydrogen) atoms. The van der Waals surface area contributed by atoms with Gasteiger partial charge in [-0.05, 0) is 29.3 Å². The minimum absolute atomic E-state index is 0.286. The van der Waals surface area contributed by atoms with Crippen LogP contribution < -0.4 is 5.73 Å². The fourth-order valence-corrected chi connectivity index (χ4v) is 2.52. The predicted molar refractivity (Wildman–Crippen MR) is 60.4 cm³/mol. The minimum Gasteiger partial charge on any atom is -0.391 e. The second-order valence-corrected chi connectivity index (χ2v) is 4.36. The Bertz CT molecular complexity index is 436. The summed E-state index contributed by atoms with van der Waals surface area (Å²) in [6, 6.07) is 7.83. The van der Waals surface area contributed by atoms with Crippen molar-refractivity contribution in [1.82, 2.24) is 0 Å². The number of nitrogens with two attached hydrogens (primary N) is 1. The van der Waals surface area contributed by atoms with Crippen molar-refractivity contribution in [2.24, 2.45) is 5.73 Å². The Morgan fingerprint density at radius 1 is 1.36 bits per heavy atom. The third-order valence-electron chi connectivity index (χ3n) is 2.39. The average Bonchev–Trinajstić information content (AvgIpc) is 2.60. The second-order valence-electron chi connectivity index (χ2n) is 3.45. The molecule has 2 rings (SSSR count). The molecule has 0 saturated carbocycles. The van der Waals surface area contributed by atoms with Gasteiger partial charge < -0.3 is 10.8 Å². The molecule has 0 aliphatic rings. The van der Waals surface area contributed by atoms with Crippen LogP contribution in [0.4, 0.5) is 0 Å². The normalized spacial score (nSPS) is 15.6. The molecule has 0 radical (unpaired) electrons. The number of fused-ring (bicyclic) bond motifs is 1. The molecule has 0 unspecified atom stereocenters. The fourth-order valence-electron chi connectivity index (χ4n) is 1.52. The fraction of sp³-hybridized carbons (Fsp3) is 0.273. The Morgan fingerprint density at radius 2 is 2.07 bits per heavy atom. The van der Waals surface area contributed by atoms with Crippen molar-refractivity contribution in [3.8, 4) is 0 Å². The third kappa shape index (κ3) is 1.54. The first kappa shape index (κ1) is 9.65. The van der Waals surface area contributed by atoms with E-state index in [0.717, 1.165) is 10.9 Å². The molecule has 0 saturated heterocycles. The first-order chi connectivity index (χ1) is 6.70. The quantitative estimate of drug-likeness (QED) is 0.793. The topological polar surface area (TPSA) is 46.2 Å². The van der Waals surface area contributed by atoms with Crippen molar-refractivity contribution in [2.45, 2.75) is 19.1 Å². The number of aliphatic hydroxyl groups excluding tert-OH is 1. The van der Waals surface area contributed by atoms with Crippen molar-refractivity contribution in [2.75, 3.05) is 0 Å². The van der Waals surface area contributed by atoms with Crippen molar-refractivity contribution < 1.29 is 5.11 Å². The molecule has 0 amide bonds. The molecule has 0 aliphatic carbocycles. The van der Waals surface area contributed by atoms with E-state index in [2.05, 4.69) is 6.07 Å². The van der Waals surface area contributed by atoms with Gasteiger partial charge in [0.2, 0.25) is 0 Å². The van der Waals surface area contributed by atoms with Crippen molar-refractivity contribution in [1.29, 1.82) is 0 Å². The molecule has 1 heterocycles. The molecule has 1 aromatic carbocycles. The monoisotopic (exact) mass is 207 g/mol. The average molecular weight is 207 g/mol. The highest BCUT2D eigenvalue weighted by Gasteiger charge is 2.15. The smallest absolute Gasteiger partial charge is 0.0705 e. The summed E-state index contributed by atoms with van der Waals surface area (Å²) in [7, 11) is 0. The van der Waals surface area contributed by atoms with Crippen LogP contribution in [-0.4, -0.2) is 11.2 Å².